The van der Waals surface area contributed by atoms with Crippen molar-refractivity contribution in [3.8, 4) is 50.2 Å². The van der Waals surface area contributed by atoms with Crippen molar-refractivity contribution in [1.82, 2.24) is 4.57 Å². The van der Waals surface area contributed by atoms with Crippen LogP contribution in [-0.2, 0) is 0 Å². The quantitative estimate of drug-likeness (QED) is 0.158. The highest BCUT2D eigenvalue weighted by Gasteiger charge is 2.23. The number of hydrogen-bond acceptors (Lipinski definition) is 1. The van der Waals surface area contributed by atoms with Crippen LogP contribution in [0, 0.1) is 0 Å². The van der Waals surface area contributed by atoms with Gasteiger partial charge in [-0.25, -0.2) is 0 Å². The molecule has 2 heterocycles. The standard InChI is InChI=1S/C64H39NO/c1-3-18-40(19-4-1)60-45-23-7-9-25-47(45)62(48-26-10-8-24-46(48)60)42-34-36-53-59(39-42)66-58-33-17-31-54(64(53)58)63-51-29-13-11-27-49(51)61(50-28-12-14-30-52(50)63)41-35-37-57-55(38-41)44-22-15-16-32-56(44)65(57)43-20-5-2-6-21-43/h1-39H. The number of fused-ring (bicyclic) bond motifs is 10. The lowest BCUT2D eigenvalue weighted by Crippen LogP contribution is -1.93. The maximum atomic E-state index is 6.92. The average Bonchev–Trinajstić information content (AvgIpc) is 3.93. The molecule has 0 bridgehead atoms. The summed E-state index contributed by atoms with van der Waals surface area (Å²) in [4.78, 5) is 0. The molecule has 0 aliphatic carbocycles. The van der Waals surface area contributed by atoms with Gasteiger partial charge in [-0.1, -0.05) is 188 Å². The predicted octanol–water partition coefficient (Wildman–Crippen LogP) is 18.0. The van der Waals surface area contributed by atoms with Crippen LogP contribution in [0.5, 0.6) is 0 Å². The first-order valence-electron chi connectivity index (χ1n) is 22.8. The first-order chi connectivity index (χ1) is 32.8. The molecule has 0 aliphatic heterocycles. The Hall–Kier alpha value is -8.72. The molecular formula is C64H39NO. The van der Waals surface area contributed by atoms with Gasteiger partial charge in [0, 0.05) is 27.2 Å². The van der Waals surface area contributed by atoms with Crippen LogP contribution < -0.4 is 0 Å². The Morgan fingerprint density at radius 2 is 0.712 bits per heavy atom. The molecule has 0 radical (unpaired) electrons. The highest BCUT2D eigenvalue weighted by atomic mass is 16.3. The number of furan rings is 1. The zero-order chi connectivity index (χ0) is 43.3. The lowest BCUT2D eigenvalue weighted by molar-refractivity contribution is 0.669. The molecule has 0 atom stereocenters. The van der Waals surface area contributed by atoms with E-state index in [4.69, 9.17) is 4.42 Å². The molecule has 14 rings (SSSR count). The number of rotatable bonds is 5. The maximum Gasteiger partial charge on any atom is 0.136 e. The maximum absolute atomic E-state index is 6.92. The zero-order valence-electron chi connectivity index (χ0n) is 35.9. The molecule has 0 fully saturated rings. The Kier molecular flexibility index (Phi) is 8.02. The van der Waals surface area contributed by atoms with Gasteiger partial charge in [0.1, 0.15) is 11.2 Å². The van der Waals surface area contributed by atoms with Crippen LogP contribution in [-0.4, -0.2) is 4.57 Å². The van der Waals surface area contributed by atoms with Crippen molar-refractivity contribution < 1.29 is 4.42 Å². The first kappa shape index (κ1) is 36.7. The number of nitrogens with zero attached hydrogens (tertiary/aromatic N) is 1. The van der Waals surface area contributed by atoms with Crippen LogP contribution >= 0.6 is 0 Å². The smallest absolute Gasteiger partial charge is 0.136 e. The van der Waals surface area contributed by atoms with Crippen LogP contribution in [0.1, 0.15) is 0 Å². The third kappa shape index (κ3) is 5.36. The Morgan fingerprint density at radius 3 is 1.30 bits per heavy atom. The van der Waals surface area contributed by atoms with E-state index >= 15 is 0 Å². The molecule has 0 N–H and O–H groups in total. The van der Waals surface area contributed by atoms with Crippen molar-refractivity contribution in [3.63, 3.8) is 0 Å². The van der Waals surface area contributed by atoms with E-state index in [9.17, 15) is 0 Å². The van der Waals surface area contributed by atoms with Crippen molar-refractivity contribution in [2.24, 2.45) is 0 Å². The molecule has 66 heavy (non-hydrogen) atoms. The summed E-state index contributed by atoms with van der Waals surface area (Å²) >= 11 is 0. The highest BCUT2D eigenvalue weighted by Crippen LogP contribution is 2.49. The fourth-order valence-corrected chi connectivity index (χ4v) is 11.3. The Morgan fingerprint density at radius 1 is 0.258 bits per heavy atom. The molecular weight excluding hydrogens is 799 g/mol. The van der Waals surface area contributed by atoms with Gasteiger partial charge in [-0.15, -0.1) is 0 Å². The second-order valence-electron chi connectivity index (χ2n) is 17.5. The molecule has 0 saturated heterocycles. The summed E-state index contributed by atoms with van der Waals surface area (Å²) in [6.45, 7) is 0. The van der Waals surface area contributed by atoms with E-state index in [2.05, 4.69) is 241 Å². The molecule has 0 spiro atoms. The number of hydrogen-bond donors (Lipinski definition) is 0. The SMILES string of the molecule is c1ccc(-c2c3ccccc3c(-c3ccc4c(c3)oc3cccc(-c5c6ccccc6c(-c6ccc7c(c6)c6ccccc6n7-c6ccccc6)c6ccccc56)c34)c3ccccc23)cc1. The second-order valence-corrected chi connectivity index (χ2v) is 17.5. The minimum absolute atomic E-state index is 0.878. The van der Waals surface area contributed by atoms with Crippen molar-refractivity contribution in [3.05, 3.63) is 237 Å². The van der Waals surface area contributed by atoms with Crippen LogP contribution in [0.3, 0.4) is 0 Å². The molecule has 2 heteroatoms. The Labute approximate surface area is 380 Å². The van der Waals surface area contributed by atoms with Gasteiger partial charge in [-0.3, -0.25) is 0 Å². The van der Waals surface area contributed by atoms with Gasteiger partial charge >= 0.3 is 0 Å². The predicted molar refractivity (Wildman–Crippen MR) is 280 cm³/mol. The third-order valence-corrected chi connectivity index (χ3v) is 14.0. The van der Waals surface area contributed by atoms with Crippen molar-refractivity contribution in [2.75, 3.05) is 0 Å². The largest absolute Gasteiger partial charge is 0.456 e. The lowest BCUT2D eigenvalue weighted by Gasteiger charge is -2.18. The summed E-state index contributed by atoms with van der Waals surface area (Å²) in [5.74, 6) is 0. The van der Waals surface area contributed by atoms with E-state index in [-0.39, 0.29) is 0 Å². The van der Waals surface area contributed by atoms with E-state index in [1.165, 1.54) is 104 Å². The molecule has 0 aliphatic rings. The van der Waals surface area contributed by atoms with E-state index in [0.29, 0.717) is 0 Å². The fourth-order valence-electron chi connectivity index (χ4n) is 11.3. The second kappa shape index (κ2) is 14.4. The van der Waals surface area contributed by atoms with Crippen molar-refractivity contribution in [2.45, 2.75) is 0 Å². The van der Waals surface area contributed by atoms with Crippen molar-refractivity contribution >= 4 is 86.8 Å². The topological polar surface area (TPSA) is 18.1 Å². The summed E-state index contributed by atoms with van der Waals surface area (Å²) in [6, 6.07) is 86.3. The van der Waals surface area contributed by atoms with Crippen LogP contribution in [0.4, 0.5) is 0 Å². The van der Waals surface area contributed by atoms with Gasteiger partial charge in [-0.2, -0.15) is 0 Å². The minimum Gasteiger partial charge on any atom is -0.456 e. The van der Waals surface area contributed by atoms with E-state index in [1.807, 2.05) is 0 Å². The summed E-state index contributed by atoms with van der Waals surface area (Å²) < 4.78 is 9.31. The Balaban J connectivity index is 0.985. The Bertz CT molecular complexity index is 4160. The summed E-state index contributed by atoms with van der Waals surface area (Å²) in [5, 5.41) is 14.5. The molecule has 12 aromatic carbocycles. The van der Waals surface area contributed by atoms with E-state index in [0.717, 1.165) is 33.2 Å². The highest BCUT2D eigenvalue weighted by molar-refractivity contribution is 6.27. The lowest BCUT2D eigenvalue weighted by atomic mass is 9.84. The molecule has 2 aromatic heterocycles. The van der Waals surface area contributed by atoms with Crippen LogP contribution in [0.15, 0.2) is 241 Å². The van der Waals surface area contributed by atoms with Gasteiger partial charge in [0.25, 0.3) is 0 Å². The summed E-state index contributed by atoms with van der Waals surface area (Å²) in [6.07, 6.45) is 0. The van der Waals surface area contributed by atoms with Crippen molar-refractivity contribution in [1.29, 1.82) is 0 Å². The molecule has 306 valence electrons. The normalized spacial score (nSPS) is 11.9. The minimum atomic E-state index is 0.878. The van der Waals surface area contributed by atoms with Gasteiger partial charge < -0.3 is 8.98 Å². The number of para-hydroxylation sites is 2. The average molecular weight is 838 g/mol. The monoisotopic (exact) mass is 837 g/mol. The third-order valence-electron chi connectivity index (χ3n) is 14.0. The first-order valence-corrected chi connectivity index (χ1v) is 22.8. The van der Waals surface area contributed by atoms with Gasteiger partial charge in [0.05, 0.1) is 11.0 Å². The number of benzene rings is 12. The van der Waals surface area contributed by atoms with Gasteiger partial charge in [-0.05, 0) is 136 Å². The van der Waals surface area contributed by atoms with Crippen LogP contribution in [0.25, 0.3) is 137 Å². The molecule has 0 unspecified atom stereocenters. The van der Waals surface area contributed by atoms with E-state index < -0.39 is 0 Å². The molecule has 2 nitrogen and oxygen atoms in total. The fraction of sp³-hybridized carbons (Fsp3) is 0. The summed E-state index contributed by atoms with van der Waals surface area (Å²) in [7, 11) is 0. The summed E-state index contributed by atoms with van der Waals surface area (Å²) in [5.41, 5.74) is 15.0. The van der Waals surface area contributed by atoms with Crippen LogP contribution in [0.2, 0.25) is 0 Å². The molecule has 0 amide bonds. The molecule has 0 saturated carbocycles. The molecule has 14 aromatic rings. The van der Waals surface area contributed by atoms with E-state index in [1.54, 1.807) is 0 Å². The number of aromatic nitrogens is 1. The van der Waals surface area contributed by atoms with Gasteiger partial charge in [0.15, 0.2) is 0 Å². The van der Waals surface area contributed by atoms with Gasteiger partial charge in [0.2, 0.25) is 0 Å². The zero-order valence-corrected chi connectivity index (χ0v) is 35.9.